The quantitative estimate of drug-likeness (QED) is 0.828. The Hall–Kier alpha value is -1.84. The maximum Gasteiger partial charge on any atom is 0.416 e. The number of unbranched alkanes of at least 4 members (excludes halogenated alkanes) is 1. The van der Waals surface area contributed by atoms with Gasteiger partial charge in [-0.1, -0.05) is 50.1 Å². The monoisotopic (exact) mass is 275 g/mol. The molecular formula is C16H21NO3. The van der Waals surface area contributed by atoms with Crippen LogP contribution in [-0.4, -0.2) is 29.5 Å². The predicted molar refractivity (Wildman–Crippen MR) is 76.4 cm³/mol. The number of rotatable bonds is 5. The van der Waals surface area contributed by atoms with Crippen LogP contribution in [0.5, 0.6) is 0 Å². The van der Waals surface area contributed by atoms with E-state index in [-0.39, 0.29) is 17.9 Å². The minimum absolute atomic E-state index is 0.140. The number of carbonyl (C=O) groups excluding carboxylic acids is 2. The fraction of sp³-hybridized carbons (Fsp3) is 0.500. The van der Waals surface area contributed by atoms with Crippen molar-refractivity contribution in [3.05, 3.63) is 35.9 Å². The fourth-order valence-corrected chi connectivity index (χ4v) is 2.50. The Labute approximate surface area is 119 Å². The molecule has 2 atom stereocenters. The molecule has 0 aromatic heterocycles. The number of amides is 2. The number of imide groups is 1. The number of benzene rings is 1. The number of hydrogen-bond donors (Lipinski definition) is 0. The van der Waals surface area contributed by atoms with E-state index in [9.17, 15) is 9.59 Å². The lowest BCUT2D eigenvalue weighted by Gasteiger charge is -2.20. The zero-order valence-corrected chi connectivity index (χ0v) is 12.0. The summed E-state index contributed by atoms with van der Waals surface area (Å²) in [5.74, 6) is -0.395. The van der Waals surface area contributed by atoms with Gasteiger partial charge in [0.1, 0.15) is 6.10 Å². The molecule has 2 rings (SSSR count). The molecule has 4 heteroatoms. The molecule has 0 saturated carbocycles. The molecule has 0 bridgehead atoms. The van der Waals surface area contributed by atoms with Gasteiger partial charge >= 0.3 is 6.09 Å². The highest BCUT2D eigenvalue weighted by Gasteiger charge is 2.37. The fourth-order valence-electron chi connectivity index (χ4n) is 2.50. The van der Waals surface area contributed by atoms with Gasteiger partial charge in [0.05, 0.1) is 12.5 Å². The van der Waals surface area contributed by atoms with Crippen LogP contribution in [0.2, 0.25) is 0 Å². The molecular weight excluding hydrogens is 254 g/mol. The zero-order chi connectivity index (χ0) is 14.5. The van der Waals surface area contributed by atoms with Crippen LogP contribution in [0.3, 0.4) is 0 Å². The van der Waals surface area contributed by atoms with Crippen LogP contribution in [0.4, 0.5) is 4.79 Å². The van der Waals surface area contributed by atoms with Gasteiger partial charge in [0.15, 0.2) is 0 Å². The third-order valence-electron chi connectivity index (χ3n) is 3.57. The lowest BCUT2D eigenvalue weighted by atomic mass is 9.92. The number of hydrogen-bond acceptors (Lipinski definition) is 3. The van der Waals surface area contributed by atoms with Crippen LogP contribution in [0, 0.1) is 0 Å². The van der Waals surface area contributed by atoms with Crippen molar-refractivity contribution in [2.24, 2.45) is 0 Å². The first-order valence-corrected chi connectivity index (χ1v) is 7.20. The number of nitrogens with zero attached hydrogens (tertiary/aromatic N) is 1. The second-order valence-corrected chi connectivity index (χ2v) is 5.25. The van der Waals surface area contributed by atoms with Gasteiger partial charge < -0.3 is 4.74 Å². The van der Waals surface area contributed by atoms with Gasteiger partial charge in [-0.3, -0.25) is 4.79 Å². The van der Waals surface area contributed by atoms with Crippen molar-refractivity contribution in [2.45, 2.75) is 45.1 Å². The molecule has 0 aliphatic carbocycles. The number of cyclic esters (lactones) is 1. The molecule has 108 valence electrons. The van der Waals surface area contributed by atoms with Gasteiger partial charge in [-0.15, -0.1) is 0 Å². The largest absolute Gasteiger partial charge is 0.444 e. The molecule has 0 radical (unpaired) electrons. The molecule has 1 saturated heterocycles. The van der Waals surface area contributed by atoms with Gasteiger partial charge in [0, 0.05) is 0 Å². The highest BCUT2D eigenvalue weighted by atomic mass is 16.6. The Morgan fingerprint density at radius 2 is 2.10 bits per heavy atom. The summed E-state index contributed by atoms with van der Waals surface area (Å²) in [4.78, 5) is 25.6. The summed E-state index contributed by atoms with van der Waals surface area (Å²) in [6.07, 6.45) is 2.02. The lowest BCUT2D eigenvalue weighted by Crippen LogP contribution is -2.36. The standard InChI is InChI=1S/C16H21NO3/c1-3-4-10-14(13-8-6-5-7-9-13)15(18)17-11-12(2)20-16(17)19/h5-9,12,14H,3-4,10-11H2,1-2H3. The minimum atomic E-state index is -0.514. The Balaban J connectivity index is 2.18. The highest BCUT2D eigenvalue weighted by Crippen LogP contribution is 2.26. The first kappa shape index (κ1) is 14.6. The van der Waals surface area contributed by atoms with Gasteiger partial charge in [0.2, 0.25) is 5.91 Å². The summed E-state index contributed by atoms with van der Waals surface area (Å²) < 4.78 is 5.05. The van der Waals surface area contributed by atoms with Crippen molar-refractivity contribution >= 4 is 12.0 Å². The van der Waals surface area contributed by atoms with Crippen LogP contribution < -0.4 is 0 Å². The van der Waals surface area contributed by atoms with Crippen molar-refractivity contribution in [3.63, 3.8) is 0 Å². The van der Waals surface area contributed by atoms with E-state index >= 15 is 0 Å². The molecule has 1 aromatic carbocycles. The summed E-state index contributed by atoms with van der Waals surface area (Å²) in [5.41, 5.74) is 0.971. The van der Waals surface area contributed by atoms with E-state index < -0.39 is 6.09 Å². The van der Waals surface area contributed by atoms with E-state index in [1.165, 1.54) is 4.90 Å². The molecule has 4 nitrogen and oxygen atoms in total. The van der Waals surface area contributed by atoms with E-state index in [1.54, 1.807) is 6.92 Å². The van der Waals surface area contributed by atoms with E-state index in [1.807, 2.05) is 30.3 Å². The highest BCUT2D eigenvalue weighted by molar-refractivity contribution is 5.96. The third kappa shape index (κ3) is 3.18. The summed E-state index contributed by atoms with van der Waals surface area (Å²) in [7, 11) is 0. The number of ether oxygens (including phenoxy) is 1. The van der Waals surface area contributed by atoms with Crippen LogP contribution >= 0.6 is 0 Å². The molecule has 0 spiro atoms. The topological polar surface area (TPSA) is 46.6 Å². The second kappa shape index (κ2) is 6.55. The molecule has 0 N–H and O–H groups in total. The molecule has 1 aromatic rings. The average Bonchev–Trinajstić information content (AvgIpc) is 2.79. The Bertz CT molecular complexity index is 472. The summed E-state index contributed by atoms with van der Waals surface area (Å²) in [5, 5.41) is 0. The zero-order valence-electron chi connectivity index (χ0n) is 12.0. The summed E-state index contributed by atoms with van der Waals surface area (Å²) >= 11 is 0. The molecule has 1 aliphatic rings. The van der Waals surface area contributed by atoms with Crippen molar-refractivity contribution in [1.29, 1.82) is 0 Å². The Morgan fingerprint density at radius 3 is 2.65 bits per heavy atom. The Kier molecular flexibility index (Phi) is 4.77. The molecule has 20 heavy (non-hydrogen) atoms. The Morgan fingerprint density at radius 1 is 1.40 bits per heavy atom. The van der Waals surface area contributed by atoms with Gasteiger partial charge in [-0.05, 0) is 18.9 Å². The third-order valence-corrected chi connectivity index (χ3v) is 3.57. The summed E-state index contributed by atoms with van der Waals surface area (Å²) in [6, 6.07) is 9.67. The first-order valence-electron chi connectivity index (χ1n) is 7.20. The molecule has 2 amide bonds. The van der Waals surface area contributed by atoms with E-state index in [0.717, 1.165) is 24.8 Å². The maximum absolute atomic E-state index is 12.6. The van der Waals surface area contributed by atoms with Crippen LogP contribution in [0.15, 0.2) is 30.3 Å². The van der Waals surface area contributed by atoms with Crippen molar-refractivity contribution < 1.29 is 14.3 Å². The second-order valence-electron chi connectivity index (χ2n) is 5.25. The van der Waals surface area contributed by atoms with Gasteiger partial charge in [-0.25, -0.2) is 9.69 Å². The lowest BCUT2D eigenvalue weighted by molar-refractivity contribution is -0.129. The normalized spacial score (nSPS) is 19.8. The van der Waals surface area contributed by atoms with Crippen molar-refractivity contribution in [1.82, 2.24) is 4.90 Å². The SMILES string of the molecule is CCCCC(C(=O)N1CC(C)OC1=O)c1ccccc1. The smallest absolute Gasteiger partial charge is 0.416 e. The predicted octanol–water partition coefficient (Wildman–Crippen LogP) is 3.33. The molecule has 1 fully saturated rings. The maximum atomic E-state index is 12.6. The van der Waals surface area contributed by atoms with Crippen LogP contribution in [0.1, 0.15) is 44.6 Å². The van der Waals surface area contributed by atoms with Crippen molar-refractivity contribution in [3.8, 4) is 0 Å². The van der Waals surface area contributed by atoms with E-state index in [4.69, 9.17) is 4.74 Å². The number of carbonyl (C=O) groups is 2. The minimum Gasteiger partial charge on any atom is -0.444 e. The first-order chi connectivity index (χ1) is 9.63. The van der Waals surface area contributed by atoms with Gasteiger partial charge in [-0.2, -0.15) is 0 Å². The van der Waals surface area contributed by atoms with Crippen LogP contribution in [-0.2, 0) is 9.53 Å². The summed E-state index contributed by atoms with van der Waals surface area (Å²) in [6.45, 7) is 4.25. The molecule has 1 aliphatic heterocycles. The molecule has 1 heterocycles. The van der Waals surface area contributed by atoms with E-state index in [0.29, 0.717) is 6.54 Å². The van der Waals surface area contributed by atoms with E-state index in [2.05, 4.69) is 6.92 Å². The van der Waals surface area contributed by atoms with Crippen molar-refractivity contribution in [2.75, 3.05) is 6.54 Å². The van der Waals surface area contributed by atoms with Crippen LogP contribution in [0.25, 0.3) is 0 Å². The average molecular weight is 275 g/mol. The molecule has 2 unspecified atom stereocenters. The van der Waals surface area contributed by atoms with Gasteiger partial charge in [0.25, 0.3) is 0 Å².